The topological polar surface area (TPSA) is 58.4 Å². The second kappa shape index (κ2) is 6.36. The van der Waals surface area contributed by atoms with E-state index in [0.717, 1.165) is 42.3 Å². The summed E-state index contributed by atoms with van der Waals surface area (Å²) in [5, 5.41) is 5.26. The van der Waals surface area contributed by atoms with Crippen LogP contribution in [-0.4, -0.2) is 29.6 Å². The Balaban J connectivity index is 1.83. The Morgan fingerprint density at radius 1 is 1.23 bits per heavy atom. The van der Waals surface area contributed by atoms with Crippen LogP contribution < -0.4 is 11.1 Å². The molecule has 4 heteroatoms. The quantitative estimate of drug-likeness (QED) is 0.890. The fourth-order valence-corrected chi connectivity index (χ4v) is 3.28. The molecule has 0 radical (unpaired) electrons. The van der Waals surface area contributed by atoms with E-state index in [-0.39, 0.29) is 18.1 Å². The molecule has 1 saturated heterocycles. The Labute approximate surface area is 131 Å². The van der Waals surface area contributed by atoms with Gasteiger partial charge in [-0.15, -0.1) is 0 Å². The van der Waals surface area contributed by atoms with Gasteiger partial charge in [0.05, 0.1) is 5.69 Å². The molecule has 22 heavy (non-hydrogen) atoms. The largest absolute Gasteiger partial charge is 0.326 e. The van der Waals surface area contributed by atoms with Crippen molar-refractivity contribution in [3.63, 3.8) is 0 Å². The summed E-state index contributed by atoms with van der Waals surface area (Å²) in [4.78, 5) is 14.6. The highest BCUT2D eigenvalue weighted by Gasteiger charge is 2.29. The monoisotopic (exact) mass is 297 g/mol. The smallest absolute Gasteiger partial charge is 0.322 e. The van der Waals surface area contributed by atoms with Crippen LogP contribution in [0.15, 0.2) is 42.5 Å². The molecule has 1 heterocycles. The van der Waals surface area contributed by atoms with E-state index < -0.39 is 0 Å². The van der Waals surface area contributed by atoms with Crippen LogP contribution >= 0.6 is 0 Å². The number of urea groups is 1. The minimum atomic E-state index is -0.0432. The fourth-order valence-electron chi connectivity index (χ4n) is 3.28. The highest BCUT2D eigenvalue weighted by atomic mass is 16.2. The van der Waals surface area contributed by atoms with Gasteiger partial charge in [0.1, 0.15) is 0 Å². The summed E-state index contributed by atoms with van der Waals surface area (Å²) in [7, 11) is 0. The summed E-state index contributed by atoms with van der Waals surface area (Å²) < 4.78 is 0. The summed E-state index contributed by atoms with van der Waals surface area (Å²) in [6, 6.07) is 14.1. The number of fused-ring (bicyclic) bond motifs is 1. The van der Waals surface area contributed by atoms with Crippen LogP contribution in [-0.2, 0) is 0 Å². The van der Waals surface area contributed by atoms with Gasteiger partial charge in [0.15, 0.2) is 0 Å². The summed E-state index contributed by atoms with van der Waals surface area (Å²) in [5.74, 6) is 0. The van der Waals surface area contributed by atoms with Gasteiger partial charge in [0.25, 0.3) is 0 Å². The first-order valence-electron chi connectivity index (χ1n) is 7.98. The van der Waals surface area contributed by atoms with Gasteiger partial charge in [-0.3, -0.25) is 0 Å². The molecule has 2 atom stereocenters. The van der Waals surface area contributed by atoms with Crippen LogP contribution in [0.1, 0.15) is 26.2 Å². The van der Waals surface area contributed by atoms with Crippen LogP contribution in [0.25, 0.3) is 10.8 Å². The SMILES string of the molecule is CC(N)C1CCCCN1C(=O)Nc1cccc2ccccc12. The van der Waals surface area contributed by atoms with E-state index in [1.165, 1.54) is 0 Å². The molecule has 2 amide bonds. The molecular weight excluding hydrogens is 274 g/mol. The molecular formula is C18H23N3O. The highest BCUT2D eigenvalue weighted by molar-refractivity contribution is 6.01. The zero-order chi connectivity index (χ0) is 15.5. The van der Waals surface area contributed by atoms with Gasteiger partial charge in [0, 0.05) is 24.0 Å². The number of nitrogens with two attached hydrogens (primary N) is 1. The first-order chi connectivity index (χ1) is 10.7. The first-order valence-corrected chi connectivity index (χ1v) is 7.98. The number of carbonyl (C=O) groups excluding carboxylic acids is 1. The molecule has 1 aliphatic heterocycles. The number of rotatable bonds is 2. The zero-order valence-corrected chi connectivity index (χ0v) is 13.0. The number of benzene rings is 2. The van der Waals surface area contributed by atoms with Crippen LogP contribution in [0.2, 0.25) is 0 Å². The van der Waals surface area contributed by atoms with Crippen molar-refractivity contribution in [2.45, 2.75) is 38.3 Å². The Morgan fingerprint density at radius 2 is 2.00 bits per heavy atom. The van der Waals surface area contributed by atoms with E-state index in [2.05, 4.69) is 17.4 Å². The summed E-state index contributed by atoms with van der Waals surface area (Å²) >= 11 is 0. The lowest BCUT2D eigenvalue weighted by atomic mass is 9.97. The third-order valence-corrected chi connectivity index (χ3v) is 4.45. The summed E-state index contributed by atoms with van der Waals surface area (Å²) in [6.07, 6.45) is 3.18. The van der Waals surface area contributed by atoms with E-state index in [0.29, 0.717) is 0 Å². The van der Waals surface area contributed by atoms with Crippen LogP contribution in [0.5, 0.6) is 0 Å². The van der Waals surface area contributed by atoms with Crippen molar-refractivity contribution >= 4 is 22.5 Å². The number of hydrogen-bond donors (Lipinski definition) is 2. The third kappa shape index (κ3) is 2.92. The van der Waals surface area contributed by atoms with Crippen molar-refractivity contribution < 1.29 is 4.79 Å². The van der Waals surface area contributed by atoms with Crippen molar-refractivity contribution in [1.29, 1.82) is 0 Å². The van der Waals surface area contributed by atoms with Crippen molar-refractivity contribution in [3.8, 4) is 0 Å². The average Bonchev–Trinajstić information content (AvgIpc) is 2.55. The van der Waals surface area contributed by atoms with E-state index in [1.54, 1.807) is 0 Å². The fraction of sp³-hybridized carbons (Fsp3) is 0.389. The number of hydrogen-bond acceptors (Lipinski definition) is 2. The maximum Gasteiger partial charge on any atom is 0.322 e. The van der Waals surface area contributed by atoms with Gasteiger partial charge in [0.2, 0.25) is 0 Å². The van der Waals surface area contributed by atoms with Gasteiger partial charge < -0.3 is 16.0 Å². The Kier molecular flexibility index (Phi) is 4.29. The van der Waals surface area contributed by atoms with E-state index in [1.807, 2.05) is 42.2 Å². The number of amides is 2. The summed E-state index contributed by atoms with van der Waals surface area (Å²) in [6.45, 7) is 2.76. The van der Waals surface area contributed by atoms with E-state index in [4.69, 9.17) is 5.73 Å². The van der Waals surface area contributed by atoms with Crippen molar-refractivity contribution in [2.24, 2.45) is 5.73 Å². The van der Waals surface area contributed by atoms with Gasteiger partial charge >= 0.3 is 6.03 Å². The lowest BCUT2D eigenvalue weighted by molar-refractivity contribution is 0.151. The number of nitrogens with one attached hydrogen (secondary N) is 1. The number of piperidine rings is 1. The second-order valence-electron chi connectivity index (χ2n) is 6.07. The number of nitrogens with zero attached hydrogens (tertiary/aromatic N) is 1. The average molecular weight is 297 g/mol. The maximum atomic E-state index is 12.7. The highest BCUT2D eigenvalue weighted by Crippen LogP contribution is 2.25. The minimum absolute atomic E-state index is 0.00133. The number of likely N-dealkylation sites (tertiary alicyclic amines) is 1. The molecule has 0 bridgehead atoms. The lowest BCUT2D eigenvalue weighted by Crippen LogP contribution is -2.53. The van der Waals surface area contributed by atoms with E-state index in [9.17, 15) is 4.79 Å². The van der Waals surface area contributed by atoms with Gasteiger partial charge in [-0.1, -0.05) is 36.4 Å². The summed E-state index contributed by atoms with van der Waals surface area (Å²) in [5.41, 5.74) is 6.92. The van der Waals surface area contributed by atoms with Gasteiger partial charge in [-0.25, -0.2) is 4.79 Å². The molecule has 1 aliphatic rings. The first kappa shape index (κ1) is 14.9. The molecule has 3 rings (SSSR count). The molecule has 116 valence electrons. The molecule has 0 aromatic heterocycles. The molecule has 0 aliphatic carbocycles. The normalized spacial score (nSPS) is 19.9. The van der Waals surface area contributed by atoms with Crippen LogP contribution in [0, 0.1) is 0 Å². The van der Waals surface area contributed by atoms with Gasteiger partial charge in [-0.05, 0) is 37.6 Å². The second-order valence-corrected chi connectivity index (χ2v) is 6.07. The Hall–Kier alpha value is -2.07. The molecule has 2 aromatic rings. The molecule has 1 fully saturated rings. The number of carbonyl (C=O) groups is 1. The maximum absolute atomic E-state index is 12.7. The van der Waals surface area contributed by atoms with Crippen molar-refractivity contribution in [3.05, 3.63) is 42.5 Å². The molecule has 4 nitrogen and oxygen atoms in total. The zero-order valence-electron chi connectivity index (χ0n) is 13.0. The molecule has 0 spiro atoms. The van der Waals surface area contributed by atoms with E-state index >= 15 is 0 Å². The predicted octanol–water partition coefficient (Wildman–Crippen LogP) is 3.57. The molecule has 2 aromatic carbocycles. The van der Waals surface area contributed by atoms with Crippen LogP contribution in [0.3, 0.4) is 0 Å². The standard InChI is InChI=1S/C18H23N3O/c1-13(19)17-11-4-5-12-21(17)18(22)20-16-10-6-8-14-7-2-3-9-15(14)16/h2-3,6-10,13,17H,4-5,11-12,19H2,1H3,(H,20,22). The predicted molar refractivity (Wildman–Crippen MR) is 91.0 cm³/mol. The van der Waals surface area contributed by atoms with Crippen molar-refractivity contribution in [1.82, 2.24) is 4.90 Å². The number of anilines is 1. The minimum Gasteiger partial charge on any atom is -0.326 e. The Bertz CT molecular complexity index is 663. The molecule has 0 saturated carbocycles. The van der Waals surface area contributed by atoms with Crippen LogP contribution in [0.4, 0.5) is 10.5 Å². The molecule has 2 unspecified atom stereocenters. The van der Waals surface area contributed by atoms with Crippen molar-refractivity contribution in [2.75, 3.05) is 11.9 Å². The Morgan fingerprint density at radius 3 is 2.82 bits per heavy atom. The molecule has 3 N–H and O–H groups in total. The lowest BCUT2D eigenvalue weighted by Gasteiger charge is -2.38. The third-order valence-electron chi connectivity index (χ3n) is 4.45. The van der Waals surface area contributed by atoms with Gasteiger partial charge in [-0.2, -0.15) is 0 Å².